The van der Waals surface area contributed by atoms with Gasteiger partial charge in [-0.25, -0.2) is 9.97 Å². The first-order valence-electron chi connectivity index (χ1n) is 7.31. The van der Waals surface area contributed by atoms with E-state index in [9.17, 15) is 4.79 Å². The minimum atomic E-state index is -0.476. The van der Waals surface area contributed by atoms with E-state index >= 15 is 0 Å². The molecule has 0 unspecified atom stereocenters. The van der Waals surface area contributed by atoms with E-state index in [1.54, 1.807) is 0 Å². The summed E-state index contributed by atoms with van der Waals surface area (Å²) in [5.74, 6) is 0.468. The van der Waals surface area contributed by atoms with Crippen LogP contribution in [0.25, 0.3) is 0 Å². The number of carbonyl (C=O) groups is 1. The van der Waals surface area contributed by atoms with Gasteiger partial charge in [-0.15, -0.1) is 0 Å². The van der Waals surface area contributed by atoms with E-state index in [1.165, 1.54) is 0 Å². The first-order chi connectivity index (χ1) is 10.1. The van der Waals surface area contributed by atoms with E-state index < -0.39 is 6.61 Å². The maximum Gasteiger partial charge on any atom is 0.245 e. The molecule has 1 atom stereocenters. The van der Waals surface area contributed by atoms with Crippen LogP contribution < -0.4 is 10.2 Å². The summed E-state index contributed by atoms with van der Waals surface area (Å²) in [7, 11) is 0. The molecule has 0 aromatic carbocycles. The van der Waals surface area contributed by atoms with Crippen molar-refractivity contribution in [3.63, 3.8) is 0 Å². The van der Waals surface area contributed by atoms with E-state index in [0.717, 1.165) is 43.7 Å². The third-order valence-corrected chi connectivity index (χ3v) is 3.67. The van der Waals surface area contributed by atoms with E-state index in [2.05, 4.69) is 27.1 Å². The van der Waals surface area contributed by atoms with Crippen molar-refractivity contribution in [3.8, 4) is 0 Å². The van der Waals surface area contributed by atoms with E-state index in [-0.39, 0.29) is 17.2 Å². The van der Waals surface area contributed by atoms with Crippen LogP contribution in [0.15, 0.2) is 6.07 Å². The van der Waals surface area contributed by atoms with Crippen LogP contribution in [-0.2, 0) is 11.2 Å². The Morgan fingerprint density at radius 3 is 3.10 bits per heavy atom. The smallest absolute Gasteiger partial charge is 0.245 e. The SMILES string of the molecule is CCCc1cc(N2CCC[C@@H](NC(=O)CO)C2)nc(Cl)n1. The number of anilines is 1. The average Bonchev–Trinajstić information content (AvgIpc) is 2.47. The van der Waals surface area contributed by atoms with Gasteiger partial charge in [-0.05, 0) is 30.9 Å². The Morgan fingerprint density at radius 2 is 2.38 bits per heavy atom. The lowest BCUT2D eigenvalue weighted by molar-refractivity contribution is -0.124. The third kappa shape index (κ3) is 4.54. The van der Waals surface area contributed by atoms with Crippen LogP contribution in [0.1, 0.15) is 31.9 Å². The van der Waals surface area contributed by atoms with Crippen LogP contribution in [0.2, 0.25) is 5.28 Å². The van der Waals surface area contributed by atoms with Gasteiger partial charge in [0, 0.05) is 30.9 Å². The molecule has 1 aliphatic heterocycles. The molecule has 1 fully saturated rings. The van der Waals surface area contributed by atoms with Crippen molar-refractivity contribution >= 4 is 23.3 Å². The fraction of sp³-hybridized carbons (Fsp3) is 0.643. The van der Waals surface area contributed by atoms with Crippen molar-refractivity contribution in [1.82, 2.24) is 15.3 Å². The van der Waals surface area contributed by atoms with Crippen LogP contribution in [0.4, 0.5) is 5.82 Å². The fourth-order valence-corrected chi connectivity index (χ4v) is 2.77. The highest BCUT2D eigenvalue weighted by molar-refractivity contribution is 6.28. The standard InChI is InChI=1S/C14H21ClN4O2/c1-2-4-10-7-12(18-14(15)17-10)19-6-3-5-11(8-19)16-13(21)9-20/h7,11,20H,2-6,8-9H2,1H3,(H,16,21)/t11-/m1/s1. The third-order valence-electron chi connectivity index (χ3n) is 3.50. The molecule has 0 bridgehead atoms. The first kappa shape index (κ1) is 16.0. The number of piperidine rings is 1. The largest absolute Gasteiger partial charge is 0.387 e. The number of hydrogen-bond donors (Lipinski definition) is 2. The van der Waals surface area contributed by atoms with Crippen molar-refractivity contribution in [3.05, 3.63) is 17.0 Å². The predicted octanol–water partition coefficient (Wildman–Crippen LogP) is 1.16. The molecule has 1 aliphatic rings. The van der Waals surface area contributed by atoms with Crippen molar-refractivity contribution < 1.29 is 9.90 Å². The highest BCUT2D eigenvalue weighted by Crippen LogP contribution is 2.20. The summed E-state index contributed by atoms with van der Waals surface area (Å²) in [5.41, 5.74) is 0.939. The molecule has 21 heavy (non-hydrogen) atoms. The molecule has 1 aromatic heterocycles. The van der Waals surface area contributed by atoms with E-state index in [0.29, 0.717) is 6.54 Å². The number of aliphatic hydroxyl groups excluding tert-OH is 1. The van der Waals surface area contributed by atoms with Crippen molar-refractivity contribution in [2.45, 2.75) is 38.6 Å². The molecule has 1 amide bonds. The van der Waals surface area contributed by atoms with E-state index in [1.807, 2.05) is 6.07 Å². The summed E-state index contributed by atoms with van der Waals surface area (Å²) in [4.78, 5) is 21.9. The zero-order valence-corrected chi connectivity index (χ0v) is 12.9. The molecule has 1 saturated heterocycles. The quantitative estimate of drug-likeness (QED) is 0.798. The van der Waals surface area contributed by atoms with Gasteiger partial charge in [0.05, 0.1) is 0 Å². The lowest BCUT2D eigenvalue weighted by Gasteiger charge is -2.34. The molecule has 1 aromatic rings. The second-order valence-corrected chi connectivity index (χ2v) is 5.59. The maximum absolute atomic E-state index is 11.3. The van der Waals surface area contributed by atoms with Crippen LogP contribution in [0.5, 0.6) is 0 Å². The van der Waals surface area contributed by atoms with Gasteiger partial charge in [-0.1, -0.05) is 13.3 Å². The van der Waals surface area contributed by atoms with Gasteiger partial charge in [-0.2, -0.15) is 0 Å². The topological polar surface area (TPSA) is 78.4 Å². The number of hydrogen-bond acceptors (Lipinski definition) is 5. The second-order valence-electron chi connectivity index (χ2n) is 5.25. The minimum absolute atomic E-state index is 0.0294. The first-order valence-corrected chi connectivity index (χ1v) is 7.68. The van der Waals surface area contributed by atoms with Crippen LogP contribution in [-0.4, -0.2) is 46.7 Å². The molecule has 116 valence electrons. The highest BCUT2D eigenvalue weighted by atomic mass is 35.5. The Labute approximate surface area is 129 Å². The summed E-state index contributed by atoms with van der Waals surface area (Å²) in [6.07, 6.45) is 3.74. The maximum atomic E-state index is 11.3. The number of nitrogens with zero attached hydrogens (tertiary/aromatic N) is 3. The Morgan fingerprint density at radius 1 is 1.57 bits per heavy atom. The Balaban J connectivity index is 2.08. The summed E-state index contributed by atoms with van der Waals surface area (Å²) < 4.78 is 0. The summed E-state index contributed by atoms with van der Waals surface area (Å²) in [6, 6.07) is 1.99. The number of aryl methyl sites for hydroxylation is 1. The van der Waals surface area contributed by atoms with Gasteiger partial charge >= 0.3 is 0 Å². The normalized spacial score (nSPS) is 18.6. The molecule has 0 saturated carbocycles. The zero-order valence-electron chi connectivity index (χ0n) is 12.2. The number of amides is 1. The molecule has 2 rings (SSSR count). The monoisotopic (exact) mass is 312 g/mol. The number of aliphatic hydroxyl groups is 1. The van der Waals surface area contributed by atoms with Gasteiger partial charge in [-0.3, -0.25) is 4.79 Å². The Bertz CT molecular complexity index is 498. The number of nitrogens with one attached hydrogen (secondary N) is 1. The number of carbonyl (C=O) groups excluding carboxylic acids is 1. The zero-order chi connectivity index (χ0) is 15.2. The number of rotatable bonds is 5. The van der Waals surface area contributed by atoms with Crippen molar-refractivity contribution in [1.29, 1.82) is 0 Å². The predicted molar refractivity (Wildman–Crippen MR) is 81.5 cm³/mol. The van der Waals surface area contributed by atoms with Gasteiger partial charge < -0.3 is 15.3 Å². The van der Waals surface area contributed by atoms with Crippen LogP contribution in [0, 0.1) is 0 Å². The van der Waals surface area contributed by atoms with Crippen LogP contribution in [0.3, 0.4) is 0 Å². The number of aromatic nitrogens is 2. The minimum Gasteiger partial charge on any atom is -0.387 e. The molecular formula is C14H21ClN4O2. The fourth-order valence-electron chi connectivity index (χ4n) is 2.57. The van der Waals surface area contributed by atoms with Gasteiger partial charge in [0.2, 0.25) is 11.2 Å². The lowest BCUT2D eigenvalue weighted by atomic mass is 10.1. The van der Waals surface area contributed by atoms with Gasteiger partial charge in [0.15, 0.2) is 0 Å². The molecular weight excluding hydrogens is 292 g/mol. The Kier molecular flexibility index (Phi) is 5.76. The summed E-state index contributed by atoms with van der Waals surface area (Å²) in [5, 5.41) is 11.9. The van der Waals surface area contributed by atoms with Gasteiger partial charge in [0.25, 0.3) is 0 Å². The Hall–Kier alpha value is -1.40. The molecule has 0 spiro atoms. The summed E-state index contributed by atoms with van der Waals surface area (Å²) in [6.45, 7) is 3.17. The lowest BCUT2D eigenvalue weighted by Crippen LogP contribution is -2.48. The molecule has 0 aliphatic carbocycles. The average molecular weight is 313 g/mol. The molecule has 0 radical (unpaired) electrons. The van der Waals surface area contributed by atoms with Gasteiger partial charge in [0.1, 0.15) is 12.4 Å². The molecule has 7 heteroatoms. The van der Waals surface area contributed by atoms with Crippen molar-refractivity contribution in [2.75, 3.05) is 24.6 Å². The van der Waals surface area contributed by atoms with E-state index in [4.69, 9.17) is 16.7 Å². The molecule has 2 N–H and O–H groups in total. The summed E-state index contributed by atoms with van der Waals surface area (Å²) >= 11 is 6.00. The molecule has 2 heterocycles. The van der Waals surface area contributed by atoms with Crippen molar-refractivity contribution in [2.24, 2.45) is 0 Å². The van der Waals surface area contributed by atoms with Crippen LogP contribution >= 0.6 is 11.6 Å². The second kappa shape index (κ2) is 7.56. The number of halogens is 1. The highest BCUT2D eigenvalue weighted by Gasteiger charge is 2.22. The molecule has 6 nitrogen and oxygen atoms in total.